The number of amides is 5. The molecule has 2 fully saturated rings. The first kappa shape index (κ1) is 39.9. The average Bonchev–Trinajstić information content (AvgIpc) is 3.41. The monoisotopic (exact) mass is 798 g/mol. The quantitative estimate of drug-likeness (QED) is 0.304. The Morgan fingerprint density at radius 3 is 2.35 bits per heavy atom. The van der Waals surface area contributed by atoms with Gasteiger partial charge in [0.1, 0.15) is 29.3 Å². The highest BCUT2D eigenvalue weighted by atomic mass is 35.5. The second-order valence-electron chi connectivity index (χ2n) is 15.5. The van der Waals surface area contributed by atoms with Crippen molar-refractivity contribution in [3.05, 3.63) is 76.8 Å². The molecule has 296 valence electrons. The maximum atomic E-state index is 14.4. The Labute approximate surface area is 325 Å². The zero-order chi connectivity index (χ0) is 39.5. The number of carbonyl (C=O) groups is 5. The number of ether oxygens (including phenoxy) is 2. The highest BCUT2D eigenvalue weighted by molar-refractivity contribution is 7.91. The van der Waals surface area contributed by atoms with Crippen LogP contribution in [0.2, 0.25) is 5.02 Å². The van der Waals surface area contributed by atoms with Crippen LogP contribution in [0, 0.1) is 5.92 Å². The van der Waals surface area contributed by atoms with E-state index >= 15 is 0 Å². The second kappa shape index (κ2) is 16.1. The average molecular weight is 799 g/mol. The van der Waals surface area contributed by atoms with E-state index in [1.54, 1.807) is 26.8 Å². The lowest BCUT2D eigenvalue weighted by Gasteiger charge is -2.30. The van der Waals surface area contributed by atoms with Crippen molar-refractivity contribution in [1.29, 1.82) is 0 Å². The van der Waals surface area contributed by atoms with Crippen LogP contribution in [0.3, 0.4) is 0 Å². The minimum absolute atomic E-state index is 0.0993. The molecule has 1 aliphatic carbocycles. The van der Waals surface area contributed by atoms with E-state index in [0.29, 0.717) is 37.4 Å². The van der Waals surface area contributed by atoms with E-state index < -0.39 is 75.4 Å². The maximum absolute atomic E-state index is 14.4. The van der Waals surface area contributed by atoms with Crippen molar-refractivity contribution < 1.29 is 41.9 Å². The van der Waals surface area contributed by atoms with E-state index in [1.165, 1.54) is 34.1 Å². The zero-order valence-electron chi connectivity index (χ0n) is 31.0. The Morgan fingerprint density at radius 1 is 0.982 bits per heavy atom. The molecule has 1 saturated carbocycles. The lowest BCUT2D eigenvalue weighted by Crippen LogP contribution is -2.58. The maximum Gasteiger partial charge on any atom is 0.410 e. The molecular weight excluding hydrogens is 752 g/mol. The van der Waals surface area contributed by atoms with Gasteiger partial charge in [-0.1, -0.05) is 60.9 Å². The molecule has 55 heavy (non-hydrogen) atoms. The number of hydrogen-bond acceptors (Lipinski definition) is 9. The van der Waals surface area contributed by atoms with Gasteiger partial charge in [0.05, 0.1) is 12.2 Å². The van der Waals surface area contributed by atoms with E-state index in [4.69, 9.17) is 21.1 Å². The summed E-state index contributed by atoms with van der Waals surface area (Å²) in [6, 6.07) is 11.2. The topological polar surface area (TPSA) is 193 Å². The summed E-state index contributed by atoms with van der Waals surface area (Å²) >= 11 is 5.92. The zero-order valence-corrected chi connectivity index (χ0v) is 32.6. The number of anilines is 1. The molecule has 0 bridgehead atoms. The van der Waals surface area contributed by atoms with Crippen molar-refractivity contribution in [2.45, 2.75) is 108 Å². The van der Waals surface area contributed by atoms with Crippen LogP contribution in [0.4, 0.5) is 15.3 Å². The minimum atomic E-state index is -4.45. The van der Waals surface area contributed by atoms with Gasteiger partial charge in [0.15, 0.2) is 0 Å². The van der Waals surface area contributed by atoms with Gasteiger partial charge in [-0.15, -0.1) is 0 Å². The van der Waals surface area contributed by atoms with Gasteiger partial charge in [-0.2, -0.15) is 8.42 Å². The minimum Gasteiger partial charge on any atom is -0.444 e. The van der Waals surface area contributed by atoms with Gasteiger partial charge in [0.25, 0.3) is 5.91 Å². The molecule has 0 spiro atoms. The Bertz CT molecular complexity index is 1930. The molecule has 5 atom stereocenters. The Morgan fingerprint density at radius 2 is 1.67 bits per heavy atom. The summed E-state index contributed by atoms with van der Waals surface area (Å²) in [6.45, 7) is 5.64. The van der Waals surface area contributed by atoms with Gasteiger partial charge in [0.2, 0.25) is 11.8 Å². The number of alkyl carbamates (subject to hydrolysis) is 1. The highest BCUT2D eigenvalue weighted by Gasteiger charge is 2.61. The summed E-state index contributed by atoms with van der Waals surface area (Å²) < 4.78 is 41.9. The molecular formula is C38H47ClN6O9S. The smallest absolute Gasteiger partial charge is 0.410 e. The van der Waals surface area contributed by atoms with Crippen molar-refractivity contribution in [2.24, 2.45) is 5.92 Å². The molecule has 0 unspecified atom stereocenters. The van der Waals surface area contributed by atoms with Crippen LogP contribution in [0.15, 0.2) is 60.7 Å². The number of hydrogen-bond donors (Lipinski definition) is 4. The molecule has 6 rings (SSSR count). The van der Waals surface area contributed by atoms with E-state index in [-0.39, 0.29) is 31.5 Å². The summed E-state index contributed by atoms with van der Waals surface area (Å²) in [5.41, 5.74) is -0.343. The summed E-state index contributed by atoms with van der Waals surface area (Å²) in [5, 5.41) is 5.86. The standard InChI is InChI=1S/C38H47ClN6O9S/c1-37(2,3)54-35(49)40-30-14-8-6-4-5-7-13-26-20-38(26,34(48)43-55(51,52)42-28-17-15-27(39)16-18-28)41-32(46)31-19-29(23-45(31)33(30)47)53-36(50)44-21-24-11-9-10-12-25(24)22-44/h7,9-13,15-18,26,29-31,42H,4-6,8,14,19-23H2,1-3H3,(H,40,49)(H,41,46)(H,43,48)/b13-7+/t26-,29-,30+,31+,38-/m1/s1. The first-order chi connectivity index (χ1) is 26.0. The van der Waals surface area contributed by atoms with Gasteiger partial charge in [-0.3, -0.25) is 24.0 Å². The van der Waals surface area contributed by atoms with Gasteiger partial charge >= 0.3 is 22.4 Å². The van der Waals surface area contributed by atoms with Gasteiger partial charge in [-0.25, -0.2) is 14.3 Å². The van der Waals surface area contributed by atoms with Crippen molar-refractivity contribution in [1.82, 2.24) is 25.2 Å². The molecule has 3 aliphatic heterocycles. The van der Waals surface area contributed by atoms with Crippen LogP contribution in [0.1, 0.15) is 76.8 Å². The number of nitrogens with one attached hydrogen (secondary N) is 4. The summed E-state index contributed by atoms with van der Waals surface area (Å²) in [5.74, 6) is -2.81. The predicted octanol–water partition coefficient (Wildman–Crippen LogP) is 4.52. The normalized spacial score (nSPS) is 26.2. The molecule has 17 heteroatoms. The fraction of sp³-hybridized carbons (Fsp3) is 0.500. The number of benzene rings is 2. The largest absolute Gasteiger partial charge is 0.444 e. The van der Waals surface area contributed by atoms with Crippen molar-refractivity contribution in [2.75, 3.05) is 11.3 Å². The molecule has 1 saturated heterocycles. The molecule has 0 radical (unpaired) electrons. The SMILES string of the molecule is CC(C)(C)OC(=O)N[C@H]1CCCCC/C=C/[C@@H]2C[C@@]2(C(=O)NS(=O)(=O)Nc2ccc(Cl)cc2)NC(=O)[C@@H]2C[C@@H](OC(=O)N3Cc4ccccc4C3)CN2C1=O. The van der Waals surface area contributed by atoms with Crippen molar-refractivity contribution in [3.63, 3.8) is 0 Å². The van der Waals surface area contributed by atoms with Gasteiger partial charge in [0, 0.05) is 30.5 Å². The second-order valence-corrected chi connectivity index (χ2v) is 17.3. The van der Waals surface area contributed by atoms with Crippen LogP contribution in [0.25, 0.3) is 0 Å². The van der Waals surface area contributed by atoms with Crippen LogP contribution >= 0.6 is 11.6 Å². The van der Waals surface area contributed by atoms with Gasteiger partial charge in [-0.05, 0) is 81.8 Å². The Balaban J connectivity index is 1.24. The van der Waals surface area contributed by atoms with Crippen LogP contribution in [-0.2, 0) is 47.2 Å². The molecule has 5 amide bonds. The number of halogens is 1. The number of rotatable bonds is 6. The fourth-order valence-electron chi connectivity index (χ4n) is 7.21. The van der Waals surface area contributed by atoms with Crippen LogP contribution < -0.4 is 20.1 Å². The Kier molecular flexibility index (Phi) is 11.7. The summed E-state index contributed by atoms with van der Waals surface area (Å²) in [4.78, 5) is 71.7. The summed E-state index contributed by atoms with van der Waals surface area (Å²) in [6.07, 6.45) is 4.32. The number of fused-ring (bicyclic) bond motifs is 3. The Hall–Kier alpha value is -4.83. The third-order valence-corrected chi connectivity index (χ3v) is 11.2. The van der Waals surface area contributed by atoms with E-state index in [9.17, 15) is 32.4 Å². The summed E-state index contributed by atoms with van der Waals surface area (Å²) in [7, 11) is -4.45. The number of carbonyl (C=O) groups excluding carboxylic acids is 5. The molecule has 4 N–H and O–H groups in total. The molecule has 2 aromatic carbocycles. The van der Waals surface area contributed by atoms with Crippen LogP contribution in [-0.4, -0.2) is 84.0 Å². The first-order valence-electron chi connectivity index (χ1n) is 18.4. The van der Waals surface area contributed by atoms with Crippen molar-refractivity contribution in [3.8, 4) is 0 Å². The van der Waals surface area contributed by atoms with Crippen LogP contribution in [0.5, 0.6) is 0 Å². The molecule has 2 aromatic rings. The lowest BCUT2D eigenvalue weighted by molar-refractivity contribution is -0.141. The fourth-order valence-corrected chi connectivity index (χ4v) is 8.26. The number of nitrogens with zero attached hydrogens (tertiary/aromatic N) is 2. The third kappa shape index (κ3) is 9.89. The number of allylic oxidation sites excluding steroid dienone is 1. The van der Waals surface area contributed by atoms with Crippen molar-refractivity contribution >= 4 is 57.4 Å². The van der Waals surface area contributed by atoms with E-state index in [1.807, 2.05) is 35.1 Å². The van der Waals surface area contributed by atoms with E-state index in [0.717, 1.165) is 17.5 Å². The molecule has 4 aliphatic rings. The van der Waals surface area contributed by atoms with Gasteiger partial charge < -0.3 is 25.0 Å². The highest BCUT2D eigenvalue weighted by Crippen LogP contribution is 2.46. The predicted molar refractivity (Wildman–Crippen MR) is 203 cm³/mol. The lowest BCUT2D eigenvalue weighted by atomic mass is 10.0. The molecule has 0 aromatic heterocycles. The molecule has 15 nitrogen and oxygen atoms in total. The first-order valence-corrected chi connectivity index (χ1v) is 20.3. The van der Waals surface area contributed by atoms with E-state index in [2.05, 4.69) is 15.4 Å². The third-order valence-electron chi connectivity index (χ3n) is 10.0. The molecule has 3 heterocycles.